The lowest BCUT2D eigenvalue weighted by Gasteiger charge is -2.10. The second-order valence-corrected chi connectivity index (χ2v) is 3.36. The van der Waals surface area contributed by atoms with Gasteiger partial charge in [0.25, 0.3) is 0 Å². The third-order valence-corrected chi connectivity index (χ3v) is 2.17. The molecule has 0 bridgehead atoms. The lowest BCUT2D eigenvalue weighted by atomic mass is 10.1. The molecule has 5 nitrogen and oxygen atoms in total. The van der Waals surface area contributed by atoms with Crippen molar-refractivity contribution in [1.82, 2.24) is 9.97 Å². The zero-order valence-corrected chi connectivity index (χ0v) is 9.47. The number of anilines is 2. The minimum absolute atomic E-state index is 0.134. The summed E-state index contributed by atoms with van der Waals surface area (Å²) in [5, 5.41) is 0. The van der Waals surface area contributed by atoms with Crippen LogP contribution >= 0.6 is 0 Å². The molecule has 2 rings (SSSR count). The van der Waals surface area contributed by atoms with E-state index in [0.29, 0.717) is 23.9 Å². The normalized spacial score (nSPS) is 10.2. The van der Waals surface area contributed by atoms with Crippen LogP contribution in [0.4, 0.5) is 11.6 Å². The third kappa shape index (κ3) is 2.28. The Morgan fingerprint density at radius 3 is 2.76 bits per heavy atom. The topological polar surface area (TPSA) is 87.0 Å². The fourth-order valence-electron chi connectivity index (χ4n) is 1.46. The van der Waals surface area contributed by atoms with Crippen molar-refractivity contribution in [1.29, 1.82) is 0 Å². The SMILES string of the molecule is CCOc1nc(N)nc(-c2[c]cccc2)c1N. The number of nitrogens with two attached hydrogens (primary N) is 2. The van der Waals surface area contributed by atoms with E-state index in [-0.39, 0.29) is 5.95 Å². The van der Waals surface area contributed by atoms with E-state index in [0.717, 1.165) is 5.56 Å². The van der Waals surface area contributed by atoms with Gasteiger partial charge in [-0.3, -0.25) is 0 Å². The van der Waals surface area contributed by atoms with Crippen molar-refractivity contribution in [2.24, 2.45) is 0 Å². The summed E-state index contributed by atoms with van der Waals surface area (Å²) in [6.45, 7) is 2.32. The summed E-state index contributed by atoms with van der Waals surface area (Å²) in [6, 6.07) is 10.4. The maximum Gasteiger partial charge on any atom is 0.242 e. The van der Waals surface area contributed by atoms with Gasteiger partial charge in [0.1, 0.15) is 11.4 Å². The second-order valence-electron chi connectivity index (χ2n) is 3.36. The van der Waals surface area contributed by atoms with Crippen LogP contribution in [0.25, 0.3) is 11.3 Å². The van der Waals surface area contributed by atoms with Gasteiger partial charge in [-0.05, 0) is 13.0 Å². The fourth-order valence-corrected chi connectivity index (χ4v) is 1.46. The smallest absolute Gasteiger partial charge is 0.242 e. The molecule has 2 aromatic rings. The lowest BCUT2D eigenvalue weighted by molar-refractivity contribution is 0.329. The molecular weight excluding hydrogens is 216 g/mol. The molecule has 0 saturated heterocycles. The summed E-state index contributed by atoms with van der Waals surface area (Å²) in [7, 11) is 0. The van der Waals surface area contributed by atoms with Crippen LogP contribution in [-0.2, 0) is 0 Å². The fraction of sp³-hybridized carbons (Fsp3) is 0.167. The molecule has 1 heterocycles. The first kappa shape index (κ1) is 11.2. The van der Waals surface area contributed by atoms with E-state index in [1.54, 1.807) is 6.07 Å². The average Bonchev–Trinajstić information content (AvgIpc) is 2.35. The Hall–Kier alpha value is -2.30. The van der Waals surface area contributed by atoms with E-state index in [1.165, 1.54) is 0 Å². The van der Waals surface area contributed by atoms with Crippen LogP contribution < -0.4 is 16.2 Å². The number of benzene rings is 1. The number of nitrogen functional groups attached to an aromatic ring is 2. The molecule has 0 aliphatic heterocycles. The Bertz CT molecular complexity index is 513. The van der Waals surface area contributed by atoms with Gasteiger partial charge >= 0.3 is 0 Å². The third-order valence-electron chi connectivity index (χ3n) is 2.17. The zero-order chi connectivity index (χ0) is 12.3. The molecule has 0 aliphatic carbocycles. The Balaban J connectivity index is 2.54. The van der Waals surface area contributed by atoms with E-state index < -0.39 is 0 Å². The van der Waals surface area contributed by atoms with Gasteiger partial charge in [0.15, 0.2) is 0 Å². The van der Waals surface area contributed by atoms with Gasteiger partial charge in [-0.2, -0.15) is 4.98 Å². The Morgan fingerprint density at radius 1 is 1.29 bits per heavy atom. The summed E-state index contributed by atoms with van der Waals surface area (Å²) in [5.41, 5.74) is 13.3. The van der Waals surface area contributed by atoms with Gasteiger partial charge in [0.2, 0.25) is 11.8 Å². The highest BCUT2D eigenvalue weighted by Crippen LogP contribution is 2.30. The predicted molar refractivity (Wildman–Crippen MR) is 66.3 cm³/mol. The number of ether oxygens (including phenoxy) is 1. The first-order valence-electron chi connectivity index (χ1n) is 5.25. The van der Waals surface area contributed by atoms with Gasteiger partial charge in [-0.15, -0.1) is 0 Å². The highest BCUT2D eigenvalue weighted by molar-refractivity contribution is 5.76. The predicted octanol–water partition coefficient (Wildman–Crippen LogP) is 1.51. The van der Waals surface area contributed by atoms with E-state index in [1.807, 2.05) is 25.1 Å². The van der Waals surface area contributed by atoms with Gasteiger partial charge < -0.3 is 16.2 Å². The number of hydrogen-bond donors (Lipinski definition) is 2. The van der Waals surface area contributed by atoms with Crippen molar-refractivity contribution >= 4 is 11.6 Å². The summed E-state index contributed by atoms with van der Waals surface area (Å²) < 4.78 is 5.31. The molecule has 0 fully saturated rings. The van der Waals surface area contributed by atoms with Crippen molar-refractivity contribution in [2.75, 3.05) is 18.1 Å². The highest BCUT2D eigenvalue weighted by Gasteiger charge is 2.12. The molecule has 1 aromatic carbocycles. The molecule has 1 radical (unpaired) electrons. The molecule has 4 N–H and O–H groups in total. The lowest BCUT2D eigenvalue weighted by Crippen LogP contribution is -2.06. The van der Waals surface area contributed by atoms with Gasteiger partial charge in [0.05, 0.1) is 6.61 Å². The van der Waals surface area contributed by atoms with Crippen molar-refractivity contribution in [3.8, 4) is 17.1 Å². The Morgan fingerprint density at radius 2 is 2.12 bits per heavy atom. The molecule has 0 spiro atoms. The number of hydrogen-bond acceptors (Lipinski definition) is 5. The van der Waals surface area contributed by atoms with Gasteiger partial charge in [-0.25, -0.2) is 4.98 Å². The molecule has 17 heavy (non-hydrogen) atoms. The van der Waals surface area contributed by atoms with Crippen LogP contribution in [0.3, 0.4) is 0 Å². The standard InChI is InChI=1S/C12H13N4O/c1-2-17-11-9(13)10(15-12(14)16-11)8-6-4-3-5-7-8/h3-6H,2,13H2,1H3,(H2,14,15,16). The molecule has 0 amide bonds. The molecule has 0 saturated carbocycles. The van der Waals surface area contributed by atoms with Crippen LogP contribution in [0.5, 0.6) is 5.88 Å². The summed E-state index contributed by atoms with van der Waals surface area (Å²) in [6.07, 6.45) is 0. The Labute approximate surface area is 99.5 Å². The Kier molecular flexibility index (Phi) is 3.09. The molecule has 0 unspecified atom stereocenters. The van der Waals surface area contributed by atoms with Crippen LogP contribution in [0.2, 0.25) is 0 Å². The first-order chi connectivity index (χ1) is 8.22. The van der Waals surface area contributed by atoms with Crippen molar-refractivity contribution in [3.63, 3.8) is 0 Å². The maximum atomic E-state index is 5.94. The van der Waals surface area contributed by atoms with E-state index in [2.05, 4.69) is 16.0 Å². The summed E-state index contributed by atoms with van der Waals surface area (Å²) >= 11 is 0. The van der Waals surface area contributed by atoms with E-state index in [4.69, 9.17) is 16.2 Å². The summed E-state index contributed by atoms with van der Waals surface area (Å²) in [4.78, 5) is 8.07. The van der Waals surface area contributed by atoms with Crippen LogP contribution in [0.1, 0.15) is 6.92 Å². The molecule has 1 aromatic heterocycles. The molecule has 0 atom stereocenters. The average molecular weight is 229 g/mol. The first-order valence-corrected chi connectivity index (χ1v) is 5.25. The zero-order valence-electron chi connectivity index (χ0n) is 9.47. The quantitative estimate of drug-likeness (QED) is 0.832. The van der Waals surface area contributed by atoms with Gasteiger partial charge in [0, 0.05) is 5.56 Å². The monoisotopic (exact) mass is 229 g/mol. The highest BCUT2D eigenvalue weighted by atomic mass is 16.5. The van der Waals surface area contributed by atoms with Crippen LogP contribution in [0.15, 0.2) is 24.3 Å². The molecular formula is C12H13N4O. The van der Waals surface area contributed by atoms with Gasteiger partial charge in [-0.1, -0.05) is 24.3 Å². The van der Waals surface area contributed by atoms with Crippen molar-refractivity contribution < 1.29 is 4.74 Å². The van der Waals surface area contributed by atoms with Crippen molar-refractivity contribution in [3.05, 3.63) is 30.3 Å². The van der Waals surface area contributed by atoms with E-state index in [9.17, 15) is 0 Å². The molecule has 87 valence electrons. The second kappa shape index (κ2) is 4.69. The van der Waals surface area contributed by atoms with Crippen molar-refractivity contribution in [2.45, 2.75) is 6.92 Å². The minimum Gasteiger partial charge on any atom is -0.476 e. The van der Waals surface area contributed by atoms with Crippen LogP contribution in [-0.4, -0.2) is 16.6 Å². The molecule has 0 aliphatic rings. The van der Waals surface area contributed by atoms with E-state index >= 15 is 0 Å². The molecule has 5 heteroatoms. The largest absolute Gasteiger partial charge is 0.476 e. The maximum absolute atomic E-state index is 5.94. The number of nitrogens with zero attached hydrogens (tertiary/aromatic N) is 2. The van der Waals surface area contributed by atoms with Crippen LogP contribution in [0, 0.1) is 6.07 Å². The minimum atomic E-state index is 0.134. The number of aromatic nitrogens is 2. The summed E-state index contributed by atoms with van der Waals surface area (Å²) in [5.74, 6) is 0.446. The number of rotatable bonds is 3.